The first-order valence-electron chi connectivity index (χ1n) is 8.21. The van der Waals surface area contributed by atoms with Gasteiger partial charge in [-0.15, -0.1) is 24.0 Å². The molecule has 3 aromatic rings. The van der Waals surface area contributed by atoms with E-state index in [-0.39, 0.29) is 42.2 Å². The Labute approximate surface area is 179 Å². The van der Waals surface area contributed by atoms with Crippen LogP contribution in [0.3, 0.4) is 0 Å². The Morgan fingerprint density at radius 2 is 1.93 bits per heavy atom. The SMILES string of the molecule is COc1ccc(NC(N)=NCc2ccc(Oc3cccnc3)c(F)c2)cc1.I. The number of aromatic nitrogens is 1. The number of nitrogens with one attached hydrogen (secondary N) is 1. The number of rotatable bonds is 6. The highest BCUT2D eigenvalue weighted by Crippen LogP contribution is 2.24. The van der Waals surface area contributed by atoms with E-state index in [2.05, 4.69) is 15.3 Å². The van der Waals surface area contributed by atoms with Gasteiger partial charge in [-0.25, -0.2) is 9.38 Å². The van der Waals surface area contributed by atoms with Crippen molar-refractivity contribution >= 4 is 35.6 Å². The predicted octanol–water partition coefficient (Wildman–Crippen LogP) is 4.57. The molecule has 2 aromatic carbocycles. The first kappa shape index (κ1) is 21.4. The van der Waals surface area contributed by atoms with Crippen LogP contribution in [0.1, 0.15) is 5.56 Å². The monoisotopic (exact) mass is 494 g/mol. The molecule has 28 heavy (non-hydrogen) atoms. The van der Waals surface area contributed by atoms with Crippen molar-refractivity contribution in [3.63, 3.8) is 0 Å². The lowest BCUT2D eigenvalue weighted by molar-refractivity contribution is 0.415. The number of benzene rings is 2. The molecule has 0 saturated carbocycles. The number of halogens is 2. The van der Waals surface area contributed by atoms with E-state index in [0.29, 0.717) is 11.3 Å². The summed E-state index contributed by atoms with van der Waals surface area (Å²) in [6.07, 6.45) is 3.14. The van der Waals surface area contributed by atoms with Crippen molar-refractivity contribution in [2.45, 2.75) is 6.54 Å². The summed E-state index contributed by atoms with van der Waals surface area (Å²) in [5, 5.41) is 2.97. The molecule has 0 aliphatic heterocycles. The largest absolute Gasteiger partial charge is 0.497 e. The predicted molar refractivity (Wildman–Crippen MR) is 118 cm³/mol. The molecule has 3 N–H and O–H groups in total. The maximum Gasteiger partial charge on any atom is 0.193 e. The Hall–Kier alpha value is -2.88. The van der Waals surface area contributed by atoms with Gasteiger partial charge < -0.3 is 20.5 Å². The molecule has 1 aromatic heterocycles. The molecule has 0 unspecified atom stereocenters. The highest BCUT2D eigenvalue weighted by atomic mass is 127. The van der Waals surface area contributed by atoms with Gasteiger partial charge in [0.2, 0.25) is 0 Å². The molecule has 0 bridgehead atoms. The van der Waals surface area contributed by atoms with Gasteiger partial charge in [-0.1, -0.05) is 6.07 Å². The smallest absolute Gasteiger partial charge is 0.193 e. The minimum atomic E-state index is -0.478. The summed E-state index contributed by atoms with van der Waals surface area (Å²) in [6, 6.07) is 15.4. The molecule has 0 radical (unpaired) electrons. The molecule has 0 fully saturated rings. The van der Waals surface area contributed by atoms with Crippen LogP contribution in [0, 0.1) is 5.82 Å². The van der Waals surface area contributed by atoms with Gasteiger partial charge in [0.15, 0.2) is 17.5 Å². The van der Waals surface area contributed by atoms with Crippen molar-refractivity contribution < 1.29 is 13.9 Å². The molecular formula is C20H20FIN4O2. The second-order valence-electron chi connectivity index (χ2n) is 5.61. The lowest BCUT2D eigenvalue weighted by atomic mass is 10.2. The number of methoxy groups -OCH3 is 1. The lowest BCUT2D eigenvalue weighted by Gasteiger charge is -2.08. The van der Waals surface area contributed by atoms with E-state index >= 15 is 0 Å². The average molecular weight is 494 g/mol. The van der Waals surface area contributed by atoms with Crippen LogP contribution in [-0.4, -0.2) is 18.1 Å². The van der Waals surface area contributed by atoms with Crippen molar-refractivity contribution in [3.05, 3.63) is 78.4 Å². The van der Waals surface area contributed by atoms with Crippen molar-refractivity contribution in [2.75, 3.05) is 12.4 Å². The number of hydrogen-bond acceptors (Lipinski definition) is 4. The summed E-state index contributed by atoms with van der Waals surface area (Å²) in [5.41, 5.74) is 7.33. The van der Waals surface area contributed by atoms with Crippen LogP contribution in [0.2, 0.25) is 0 Å². The van der Waals surface area contributed by atoms with Crippen molar-refractivity contribution in [3.8, 4) is 17.2 Å². The third-order valence-electron chi connectivity index (χ3n) is 3.65. The lowest BCUT2D eigenvalue weighted by Crippen LogP contribution is -2.22. The minimum absolute atomic E-state index is 0. The van der Waals surface area contributed by atoms with Crippen molar-refractivity contribution in [1.82, 2.24) is 4.98 Å². The third kappa shape index (κ3) is 6.08. The van der Waals surface area contributed by atoms with Gasteiger partial charge in [0.25, 0.3) is 0 Å². The normalized spacial score (nSPS) is 10.7. The van der Waals surface area contributed by atoms with Gasteiger partial charge in [0.1, 0.15) is 11.5 Å². The van der Waals surface area contributed by atoms with Gasteiger partial charge in [-0.2, -0.15) is 0 Å². The Morgan fingerprint density at radius 1 is 1.14 bits per heavy atom. The maximum absolute atomic E-state index is 14.2. The van der Waals surface area contributed by atoms with E-state index in [1.807, 2.05) is 24.3 Å². The van der Waals surface area contributed by atoms with E-state index in [1.54, 1.807) is 37.6 Å². The van der Waals surface area contributed by atoms with Crippen LogP contribution in [0.4, 0.5) is 10.1 Å². The summed E-state index contributed by atoms with van der Waals surface area (Å²) < 4.78 is 24.8. The van der Waals surface area contributed by atoms with Crippen LogP contribution in [0.15, 0.2) is 72.0 Å². The Kier molecular flexibility index (Phi) is 8.00. The summed E-state index contributed by atoms with van der Waals surface area (Å²) in [5.74, 6) is 1.10. The molecule has 0 atom stereocenters. The quantitative estimate of drug-likeness (QED) is 0.298. The molecule has 3 rings (SSSR count). The topological polar surface area (TPSA) is 81.8 Å². The summed E-state index contributed by atoms with van der Waals surface area (Å²) in [4.78, 5) is 8.15. The van der Waals surface area contributed by atoms with Gasteiger partial charge in [0, 0.05) is 11.9 Å². The zero-order chi connectivity index (χ0) is 19.1. The zero-order valence-electron chi connectivity index (χ0n) is 15.1. The highest BCUT2D eigenvalue weighted by Gasteiger charge is 2.06. The Bertz CT molecular complexity index is 921. The summed E-state index contributed by atoms with van der Waals surface area (Å²) in [6.45, 7) is 0.235. The molecule has 0 spiro atoms. The van der Waals surface area contributed by atoms with E-state index in [1.165, 1.54) is 12.3 Å². The molecular weight excluding hydrogens is 474 g/mol. The number of ether oxygens (including phenoxy) is 2. The Morgan fingerprint density at radius 3 is 2.57 bits per heavy atom. The first-order chi connectivity index (χ1) is 13.1. The van der Waals surface area contributed by atoms with Crippen LogP contribution in [-0.2, 0) is 6.54 Å². The molecule has 8 heteroatoms. The zero-order valence-corrected chi connectivity index (χ0v) is 17.5. The molecule has 0 saturated heterocycles. The van der Waals surface area contributed by atoms with Gasteiger partial charge in [-0.05, 0) is 54.1 Å². The second kappa shape index (κ2) is 10.5. The van der Waals surface area contributed by atoms with Crippen LogP contribution in [0.25, 0.3) is 0 Å². The third-order valence-corrected chi connectivity index (χ3v) is 3.65. The average Bonchev–Trinajstić information content (AvgIpc) is 2.70. The number of guanidine groups is 1. The summed E-state index contributed by atoms with van der Waals surface area (Å²) in [7, 11) is 1.60. The number of aliphatic imine (C=N–C) groups is 1. The number of hydrogen-bond donors (Lipinski definition) is 2. The van der Waals surface area contributed by atoms with E-state index < -0.39 is 5.82 Å². The fraction of sp³-hybridized carbons (Fsp3) is 0.100. The van der Waals surface area contributed by atoms with Gasteiger partial charge >= 0.3 is 0 Å². The standard InChI is InChI=1S/C20H19FN4O2.HI/c1-26-16-7-5-15(6-8-16)25-20(22)24-12-14-4-9-19(18(21)11-14)27-17-3-2-10-23-13-17;/h2-11,13H,12H2,1H3,(H3,22,24,25);1H. The van der Waals surface area contributed by atoms with E-state index in [9.17, 15) is 4.39 Å². The van der Waals surface area contributed by atoms with Crippen molar-refractivity contribution in [1.29, 1.82) is 0 Å². The van der Waals surface area contributed by atoms with E-state index in [0.717, 1.165) is 11.4 Å². The van der Waals surface area contributed by atoms with Crippen LogP contribution < -0.4 is 20.5 Å². The second-order valence-corrected chi connectivity index (χ2v) is 5.61. The van der Waals surface area contributed by atoms with Gasteiger partial charge in [0.05, 0.1) is 19.9 Å². The fourth-order valence-corrected chi connectivity index (χ4v) is 2.30. The Balaban J connectivity index is 0.00000280. The number of nitrogens with zero attached hydrogens (tertiary/aromatic N) is 2. The fourth-order valence-electron chi connectivity index (χ4n) is 2.30. The van der Waals surface area contributed by atoms with Gasteiger partial charge in [-0.3, -0.25) is 4.98 Å². The minimum Gasteiger partial charge on any atom is -0.497 e. The van der Waals surface area contributed by atoms with E-state index in [4.69, 9.17) is 15.2 Å². The highest BCUT2D eigenvalue weighted by molar-refractivity contribution is 14.0. The van der Waals surface area contributed by atoms with Crippen LogP contribution >= 0.6 is 24.0 Å². The number of nitrogens with two attached hydrogens (primary N) is 1. The summed E-state index contributed by atoms with van der Waals surface area (Å²) >= 11 is 0. The molecule has 146 valence electrons. The molecule has 0 amide bonds. The maximum atomic E-state index is 14.2. The molecule has 6 nitrogen and oxygen atoms in total. The molecule has 1 heterocycles. The first-order valence-corrected chi connectivity index (χ1v) is 8.21. The number of pyridine rings is 1. The van der Waals surface area contributed by atoms with Crippen LogP contribution in [0.5, 0.6) is 17.2 Å². The molecule has 0 aliphatic carbocycles. The number of anilines is 1. The van der Waals surface area contributed by atoms with Crippen molar-refractivity contribution in [2.24, 2.45) is 10.7 Å². The molecule has 0 aliphatic rings.